The van der Waals surface area contributed by atoms with Gasteiger partial charge in [0.05, 0.1) is 6.61 Å². The van der Waals surface area contributed by atoms with Gasteiger partial charge >= 0.3 is 5.97 Å². The summed E-state index contributed by atoms with van der Waals surface area (Å²) in [6.45, 7) is 7.31. The van der Waals surface area contributed by atoms with E-state index < -0.39 is 11.8 Å². The zero-order chi connectivity index (χ0) is 18.5. The fourth-order valence-electron chi connectivity index (χ4n) is 1.73. The topological polar surface area (TPSA) is 80.3 Å². The number of Topliss-reactive ketones (excluding diaryl/α,β-unsaturated/α-hetero) is 1. The first-order chi connectivity index (χ1) is 11.6. The van der Waals surface area contributed by atoms with E-state index in [1.807, 2.05) is 13.8 Å². The van der Waals surface area contributed by atoms with Crippen molar-refractivity contribution in [2.75, 3.05) is 34.4 Å². The molecule has 0 N–H and O–H groups in total. The Kier molecular flexibility index (Phi) is 11.2. The summed E-state index contributed by atoms with van der Waals surface area (Å²) < 4.78 is 25.2. The van der Waals surface area contributed by atoms with Crippen LogP contribution in [0, 0.1) is 6.92 Å². The van der Waals surface area contributed by atoms with E-state index in [-0.39, 0.29) is 37.3 Å². The molecular weight excluding hydrogens is 316 g/mol. The number of ether oxygens (including phenoxy) is 5. The predicted molar refractivity (Wildman–Crippen MR) is 88.5 cm³/mol. The molecule has 0 radical (unpaired) electrons. The number of hydrogen-bond acceptors (Lipinski definition) is 7. The van der Waals surface area contributed by atoms with Gasteiger partial charge in [-0.3, -0.25) is 4.79 Å². The van der Waals surface area contributed by atoms with Crippen LogP contribution in [0.4, 0.5) is 0 Å². The number of hydrogen-bond donors (Lipinski definition) is 0. The molecule has 0 bridgehead atoms. The smallest absolute Gasteiger partial charge is 0.379 e. The molecule has 0 fully saturated rings. The van der Waals surface area contributed by atoms with Gasteiger partial charge < -0.3 is 23.7 Å². The Hall–Kier alpha value is -2.12. The average molecular weight is 342 g/mol. The van der Waals surface area contributed by atoms with Crippen molar-refractivity contribution in [3.8, 4) is 11.5 Å². The zero-order valence-corrected chi connectivity index (χ0v) is 15.1. The maximum atomic E-state index is 12.3. The highest BCUT2D eigenvalue weighted by Gasteiger charge is 2.27. The van der Waals surface area contributed by atoms with E-state index in [1.165, 1.54) is 14.2 Å². The van der Waals surface area contributed by atoms with E-state index in [0.29, 0.717) is 5.56 Å². The molecule has 7 heteroatoms. The zero-order valence-electron chi connectivity index (χ0n) is 15.1. The molecule has 136 valence electrons. The highest BCUT2D eigenvalue weighted by molar-refractivity contribution is 6.42. The van der Waals surface area contributed by atoms with Gasteiger partial charge in [0.15, 0.2) is 13.6 Å². The second-order valence-electron chi connectivity index (χ2n) is 4.24. The van der Waals surface area contributed by atoms with Crippen LogP contribution >= 0.6 is 0 Å². The van der Waals surface area contributed by atoms with Gasteiger partial charge in [0.2, 0.25) is 0 Å². The molecule has 0 amide bonds. The minimum Gasteiger partial charge on any atom is -0.467 e. The van der Waals surface area contributed by atoms with Crippen LogP contribution in [0.25, 0.3) is 0 Å². The molecule has 7 nitrogen and oxygen atoms in total. The Morgan fingerprint density at radius 2 is 1.58 bits per heavy atom. The van der Waals surface area contributed by atoms with Gasteiger partial charge in [-0.25, -0.2) is 4.79 Å². The number of carbonyl (C=O) groups excluding carboxylic acids is 2. The molecular formula is C17H26O7. The molecule has 1 aromatic carbocycles. The third-order valence-electron chi connectivity index (χ3n) is 2.66. The van der Waals surface area contributed by atoms with Gasteiger partial charge in [0.1, 0.15) is 17.1 Å². The first-order valence-electron chi connectivity index (χ1n) is 7.65. The van der Waals surface area contributed by atoms with Crippen LogP contribution in [0.2, 0.25) is 0 Å². The van der Waals surface area contributed by atoms with Crippen LogP contribution < -0.4 is 9.47 Å². The van der Waals surface area contributed by atoms with Gasteiger partial charge in [0, 0.05) is 14.2 Å². The first kappa shape index (κ1) is 21.9. The summed E-state index contributed by atoms with van der Waals surface area (Å²) in [5.74, 6) is -1.43. The molecule has 0 heterocycles. The van der Waals surface area contributed by atoms with E-state index in [4.69, 9.17) is 23.7 Å². The van der Waals surface area contributed by atoms with E-state index in [9.17, 15) is 9.59 Å². The molecule has 0 aromatic heterocycles. The van der Waals surface area contributed by atoms with Crippen molar-refractivity contribution in [1.29, 1.82) is 0 Å². The number of rotatable bonds is 9. The summed E-state index contributed by atoms with van der Waals surface area (Å²) in [6.07, 6.45) is 0. The molecule has 0 saturated carbocycles. The minimum atomic E-state index is -0.974. The van der Waals surface area contributed by atoms with E-state index in [0.717, 1.165) is 0 Å². The lowest BCUT2D eigenvalue weighted by atomic mass is 10.0. The lowest BCUT2D eigenvalue weighted by Gasteiger charge is -2.16. The van der Waals surface area contributed by atoms with Crippen molar-refractivity contribution in [3.63, 3.8) is 0 Å². The van der Waals surface area contributed by atoms with Crippen LogP contribution in [0.5, 0.6) is 11.5 Å². The molecule has 0 aliphatic rings. The molecule has 0 saturated heterocycles. The molecule has 0 aliphatic heterocycles. The number of methoxy groups -OCH3 is 2. The monoisotopic (exact) mass is 342 g/mol. The van der Waals surface area contributed by atoms with Gasteiger partial charge in [-0.2, -0.15) is 0 Å². The summed E-state index contributed by atoms with van der Waals surface area (Å²) in [5.41, 5.74) is 0.655. The number of carbonyl (C=O) groups is 2. The van der Waals surface area contributed by atoms with Crippen molar-refractivity contribution < 1.29 is 33.3 Å². The third kappa shape index (κ3) is 6.17. The van der Waals surface area contributed by atoms with Crippen molar-refractivity contribution in [1.82, 2.24) is 0 Å². The van der Waals surface area contributed by atoms with Gasteiger partial charge in [-0.15, -0.1) is 0 Å². The number of ketones is 1. The van der Waals surface area contributed by atoms with E-state index in [2.05, 4.69) is 0 Å². The maximum absolute atomic E-state index is 12.3. The van der Waals surface area contributed by atoms with Gasteiger partial charge in [0.25, 0.3) is 5.78 Å². The summed E-state index contributed by atoms with van der Waals surface area (Å²) in [4.78, 5) is 24.1. The molecule has 0 atom stereocenters. The Bertz CT molecular complexity index is 526. The SMILES string of the molecule is CC.CCOC(=O)C(=O)c1c(OCOC)ccc(C)c1OCOC. The van der Waals surface area contributed by atoms with Crippen molar-refractivity contribution in [3.05, 3.63) is 23.3 Å². The van der Waals surface area contributed by atoms with Crippen LogP contribution in [0.15, 0.2) is 12.1 Å². The predicted octanol–water partition coefficient (Wildman–Crippen LogP) is 2.73. The number of aryl methyl sites for hydroxylation is 1. The standard InChI is InChI=1S/C15H20O7.C2H6/c1-5-20-15(17)13(16)12-11(21-8-18-3)7-6-10(2)14(12)22-9-19-4;1-2/h6-7H,5,8-9H2,1-4H3;1-2H3. The first-order valence-corrected chi connectivity index (χ1v) is 7.65. The van der Waals surface area contributed by atoms with Crippen molar-refractivity contribution >= 4 is 11.8 Å². The minimum absolute atomic E-state index is 0.00690. The normalized spacial score (nSPS) is 9.58. The molecule has 1 rings (SSSR count). The Labute approximate surface area is 142 Å². The molecule has 1 aromatic rings. The highest BCUT2D eigenvalue weighted by Crippen LogP contribution is 2.33. The maximum Gasteiger partial charge on any atom is 0.379 e. The van der Waals surface area contributed by atoms with E-state index in [1.54, 1.807) is 26.0 Å². The molecule has 24 heavy (non-hydrogen) atoms. The number of benzene rings is 1. The second-order valence-corrected chi connectivity index (χ2v) is 4.24. The molecule has 0 unspecified atom stereocenters. The lowest BCUT2D eigenvalue weighted by molar-refractivity contribution is -0.137. The largest absolute Gasteiger partial charge is 0.467 e. The van der Waals surface area contributed by atoms with Crippen LogP contribution in [-0.2, 0) is 19.0 Å². The van der Waals surface area contributed by atoms with E-state index >= 15 is 0 Å². The quantitative estimate of drug-likeness (QED) is 0.295. The van der Waals surface area contributed by atoms with Crippen molar-refractivity contribution in [2.45, 2.75) is 27.7 Å². The second kappa shape index (κ2) is 12.3. The van der Waals surface area contributed by atoms with Crippen LogP contribution in [-0.4, -0.2) is 46.2 Å². The average Bonchev–Trinajstić information content (AvgIpc) is 2.60. The fourth-order valence-corrected chi connectivity index (χ4v) is 1.73. The summed E-state index contributed by atoms with van der Waals surface area (Å²) in [5, 5.41) is 0. The third-order valence-corrected chi connectivity index (χ3v) is 2.66. The highest BCUT2D eigenvalue weighted by atomic mass is 16.7. The molecule has 0 spiro atoms. The van der Waals surface area contributed by atoms with Gasteiger partial charge in [-0.1, -0.05) is 19.9 Å². The van der Waals surface area contributed by atoms with Crippen LogP contribution in [0.3, 0.4) is 0 Å². The summed E-state index contributed by atoms with van der Waals surface area (Å²) >= 11 is 0. The van der Waals surface area contributed by atoms with Gasteiger partial charge in [-0.05, 0) is 25.5 Å². The summed E-state index contributed by atoms with van der Waals surface area (Å²) in [7, 11) is 2.90. The Balaban J connectivity index is 0.00000254. The summed E-state index contributed by atoms with van der Waals surface area (Å²) in [6, 6.07) is 3.28. The number of esters is 1. The molecule has 0 aliphatic carbocycles. The Morgan fingerprint density at radius 3 is 2.12 bits per heavy atom. The Morgan fingerprint density at radius 1 is 1.00 bits per heavy atom. The van der Waals surface area contributed by atoms with Crippen LogP contribution in [0.1, 0.15) is 36.7 Å². The van der Waals surface area contributed by atoms with Crippen molar-refractivity contribution in [2.24, 2.45) is 0 Å². The lowest BCUT2D eigenvalue weighted by Crippen LogP contribution is -2.20. The fraction of sp³-hybridized carbons (Fsp3) is 0.529.